The van der Waals surface area contributed by atoms with E-state index in [1.807, 2.05) is 74.5 Å². The second-order valence-electron chi connectivity index (χ2n) is 4.07. The summed E-state index contributed by atoms with van der Waals surface area (Å²) in [6.45, 7) is 3.96. The molecule has 2 aromatic rings. The van der Waals surface area contributed by atoms with Crippen LogP contribution in [0.2, 0.25) is 0 Å². The molecule has 0 radical (unpaired) electrons. The molecule has 2 nitrogen and oxygen atoms in total. The normalized spacial score (nSPS) is 12.6. The lowest BCUT2D eigenvalue weighted by Crippen LogP contribution is -2.04. The van der Waals surface area contributed by atoms with Crippen LogP contribution in [-0.4, -0.2) is 11.4 Å². The van der Waals surface area contributed by atoms with Crippen LogP contribution in [0.25, 0.3) is 0 Å². The number of hydrogen-bond acceptors (Lipinski definition) is 2. The molecule has 90 valence electrons. The largest absolute Gasteiger partial charge is 0.252 e. The third kappa shape index (κ3) is 3.39. The zero-order valence-electron chi connectivity index (χ0n) is 10.7. The van der Waals surface area contributed by atoms with Gasteiger partial charge >= 0.3 is 0 Å². The fraction of sp³-hybridized carbons (Fsp3) is 0.125. The molecular formula is C16H16N2. The first-order chi connectivity index (χ1) is 8.75. The first-order valence-electron chi connectivity index (χ1n) is 5.97. The highest BCUT2D eigenvalue weighted by atomic mass is 14.8. The van der Waals surface area contributed by atoms with Gasteiger partial charge in [-0.15, -0.1) is 0 Å². The van der Waals surface area contributed by atoms with E-state index in [1.54, 1.807) is 0 Å². The summed E-state index contributed by atoms with van der Waals surface area (Å²) in [5, 5.41) is 0. The molecule has 0 saturated heterocycles. The van der Waals surface area contributed by atoms with Gasteiger partial charge in [-0.2, -0.15) is 0 Å². The Morgan fingerprint density at radius 3 is 1.28 bits per heavy atom. The van der Waals surface area contributed by atoms with Gasteiger partial charge in [0, 0.05) is 0 Å². The maximum absolute atomic E-state index is 4.54. The van der Waals surface area contributed by atoms with Crippen LogP contribution >= 0.6 is 0 Å². The van der Waals surface area contributed by atoms with Gasteiger partial charge in [-0.3, -0.25) is 9.98 Å². The highest BCUT2D eigenvalue weighted by molar-refractivity contribution is 6.41. The van der Waals surface area contributed by atoms with Crippen molar-refractivity contribution in [2.75, 3.05) is 0 Å². The van der Waals surface area contributed by atoms with Crippen LogP contribution in [0.1, 0.15) is 13.8 Å². The van der Waals surface area contributed by atoms with E-state index in [2.05, 4.69) is 9.98 Å². The molecule has 0 spiro atoms. The van der Waals surface area contributed by atoms with E-state index >= 15 is 0 Å². The maximum Gasteiger partial charge on any atom is 0.0633 e. The van der Waals surface area contributed by atoms with Crippen LogP contribution in [0.3, 0.4) is 0 Å². The fourth-order valence-electron chi connectivity index (χ4n) is 1.55. The third-order valence-corrected chi connectivity index (χ3v) is 2.63. The Balaban J connectivity index is 2.21. The highest BCUT2D eigenvalue weighted by Gasteiger charge is 1.98. The lowest BCUT2D eigenvalue weighted by Gasteiger charge is -2.01. The molecule has 2 aromatic carbocycles. The Hall–Kier alpha value is -2.22. The standard InChI is InChI=1S/C16H16N2/c1-13(17-15-9-5-3-6-10-15)14(2)18-16-11-7-4-8-12-16/h3-12H,1-2H3/b17-13+,18-14+. The number of hydrogen-bond donors (Lipinski definition) is 0. The van der Waals surface area contributed by atoms with Crippen molar-refractivity contribution in [2.45, 2.75) is 13.8 Å². The Morgan fingerprint density at radius 1 is 0.611 bits per heavy atom. The van der Waals surface area contributed by atoms with Crippen LogP contribution in [0.4, 0.5) is 11.4 Å². The Kier molecular flexibility index (Phi) is 4.02. The summed E-state index contributed by atoms with van der Waals surface area (Å²) in [6.07, 6.45) is 0. The lowest BCUT2D eigenvalue weighted by atomic mass is 10.2. The van der Waals surface area contributed by atoms with Crippen LogP contribution in [-0.2, 0) is 0 Å². The van der Waals surface area contributed by atoms with Gasteiger partial charge < -0.3 is 0 Å². The molecule has 0 atom stereocenters. The van der Waals surface area contributed by atoms with Gasteiger partial charge in [0.25, 0.3) is 0 Å². The molecule has 0 bridgehead atoms. The van der Waals surface area contributed by atoms with Crippen molar-refractivity contribution in [1.82, 2.24) is 0 Å². The van der Waals surface area contributed by atoms with Gasteiger partial charge in [-0.1, -0.05) is 36.4 Å². The molecule has 18 heavy (non-hydrogen) atoms. The zero-order valence-corrected chi connectivity index (χ0v) is 10.7. The third-order valence-electron chi connectivity index (χ3n) is 2.63. The molecule has 0 N–H and O–H groups in total. The van der Waals surface area contributed by atoms with E-state index in [9.17, 15) is 0 Å². The van der Waals surface area contributed by atoms with Crippen molar-refractivity contribution in [3.05, 3.63) is 60.7 Å². The van der Waals surface area contributed by atoms with E-state index in [0.717, 1.165) is 22.8 Å². The zero-order chi connectivity index (χ0) is 12.8. The topological polar surface area (TPSA) is 24.7 Å². The average molecular weight is 236 g/mol. The summed E-state index contributed by atoms with van der Waals surface area (Å²) >= 11 is 0. The second kappa shape index (κ2) is 5.92. The lowest BCUT2D eigenvalue weighted by molar-refractivity contribution is 1.47. The summed E-state index contributed by atoms with van der Waals surface area (Å²) in [7, 11) is 0. The van der Waals surface area contributed by atoms with Crippen molar-refractivity contribution >= 4 is 22.8 Å². The van der Waals surface area contributed by atoms with Gasteiger partial charge in [0.2, 0.25) is 0 Å². The van der Waals surface area contributed by atoms with E-state index in [-0.39, 0.29) is 0 Å². The van der Waals surface area contributed by atoms with E-state index in [1.165, 1.54) is 0 Å². The summed E-state index contributed by atoms with van der Waals surface area (Å²) in [5.41, 5.74) is 3.78. The predicted molar refractivity (Wildman–Crippen MR) is 78.4 cm³/mol. The molecule has 0 aliphatic heterocycles. The van der Waals surface area contributed by atoms with Crippen LogP contribution in [0.15, 0.2) is 70.6 Å². The van der Waals surface area contributed by atoms with Crippen molar-refractivity contribution in [2.24, 2.45) is 9.98 Å². The van der Waals surface area contributed by atoms with Crippen molar-refractivity contribution in [1.29, 1.82) is 0 Å². The van der Waals surface area contributed by atoms with Gasteiger partial charge in [0.1, 0.15) is 0 Å². The number of aliphatic imine (C=N–C) groups is 2. The average Bonchev–Trinajstić information content (AvgIpc) is 2.41. The van der Waals surface area contributed by atoms with Crippen LogP contribution < -0.4 is 0 Å². The molecule has 0 heterocycles. The van der Waals surface area contributed by atoms with Crippen molar-refractivity contribution in [3.8, 4) is 0 Å². The first kappa shape index (κ1) is 12.2. The minimum atomic E-state index is 0.935. The predicted octanol–water partition coefficient (Wildman–Crippen LogP) is 4.57. The second-order valence-corrected chi connectivity index (χ2v) is 4.07. The monoisotopic (exact) mass is 236 g/mol. The fourth-order valence-corrected chi connectivity index (χ4v) is 1.55. The summed E-state index contributed by atoms with van der Waals surface area (Å²) in [6, 6.07) is 19.8. The minimum absolute atomic E-state index is 0.935. The number of para-hydroxylation sites is 2. The van der Waals surface area contributed by atoms with Gasteiger partial charge in [0.05, 0.1) is 22.8 Å². The first-order valence-corrected chi connectivity index (χ1v) is 5.97. The summed E-state index contributed by atoms with van der Waals surface area (Å²) < 4.78 is 0. The Labute approximate surface area is 108 Å². The molecule has 0 aliphatic carbocycles. The molecule has 0 fully saturated rings. The molecule has 0 unspecified atom stereocenters. The SMILES string of the molecule is CC(=N\c1ccccc1)/C(C)=N/c1ccccc1. The Morgan fingerprint density at radius 2 is 0.944 bits per heavy atom. The van der Waals surface area contributed by atoms with Crippen molar-refractivity contribution < 1.29 is 0 Å². The van der Waals surface area contributed by atoms with Gasteiger partial charge in [-0.05, 0) is 38.1 Å². The van der Waals surface area contributed by atoms with Crippen LogP contribution in [0, 0.1) is 0 Å². The molecule has 0 saturated carbocycles. The van der Waals surface area contributed by atoms with Crippen LogP contribution in [0.5, 0.6) is 0 Å². The van der Waals surface area contributed by atoms with E-state index in [0.29, 0.717) is 0 Å². The molecule has 0 aromatic heterocycles. The Bertz CT molecular complexity index is 501. The molecule has 0 aliphatic rings. The minimum Gasteiger partial charge on any atom is -0.252 e. The van der Waals surface area contributed by atoms with Gasteiger partial charge in [-0.25, -0.2) is 0 Å². The summed E-state index contributed by atoms with van der Waals surface area (Å²) in [5.74, 6) is 0. The van der Waals surface area contributed by atoms with Crippen molar-refractivity contribution in [3.63, 3.8) is 0 Å². The smallest absolute Gasteiger partial charge is 0.0633 e. The quantitative estimate of drug-likeness (QED) is 0.697. The van der Waals surface area contributed by atoms with Gasteiger partial charge in [0.15, 0.2) is 0 Å². The molecule has 2 rings (SSSR count). The molecule has 0 amide bonds. The highest BCUT2D eigenvalue weighted by Crippen LogP contribution is 2.13. The van der Waals surface area contributed by atoms with E-state index in [4.69, 9.17) is 0 Å². The number of nitrogens with zero attached hydrogens (tertiary/aromatic N) is 2. The number of rotatable bonds is 3. The molecular weight excluding hydrogens is 220 g/mol. The van der Waals surface area contributed by atoms with E-state index < -0.39 is 0 Å². The molecule has 2 heteroatoms. The summed E-state index contributed by atoms with van der Waals surface area (Å²) in [4.78, 5) is 9.08. The number of benzene rings is 2. The maximum atomic E-state index is 4.54.